The third-order valence-corrected chi connectivity index (χ3v) is 3.56. The maximum Gasteiger partial charge on any atom is 0.177 e. The zero-order valence-electron chi connectivity index (χ0n) is 10.0. The Morgan fingerprint density at radius 2 is 1.94 bits per heavy atom. The van der Waals surface area contributed by atoms with Crippen LogP contribution in [0.2, 0.25) is 0 Å². The molecule has 17 heavy (non-hydrogen) atoms. The lowest BCUT2D eigenvalue weighted by atomic mass is 9.86. The molecule has 0 unspecified atom stereocenters. The molecule has 1 aliphatic rings. The van der Waals surface area contributed by atoms with Crippen LogP contribution < -0.4 is 5.73 Å². The fourth-order valence-corrected chi connectivity index (χ4v) is 2.53. The summed E-state index contributed by atoms with van der Waals surface area (Å²) in [5.74, 6) is 1.45. The summed E-state index contributed by atoms with van der Waals surface area (Å²) < 4.78 is 1.89. The van der Waals surface area contributed by atoms with Gasteiger partial charge in [0, 0.05) is 12.0 Å². The van der Waals surface area contributed by atoms with Gasteiger partial charge in [0.25, 0.3) is 0 Å². The van der Waals surface area contributed by atoms with Crippen molar-refractivity contribution in [2.75, 3.05) is 0 Å². The van der Waals surface area contributed by atoms with Crippen LogP contribution in [-0.2, 0) is 0 Å². The molecule has 0 aliphatic heterocycles. The Labute approximate surface area is 100 Å². The van der Waals surface area contributed by atoms with E-state index in [-0.39, 0.29) is 0 Å². The first-order chi connectivity index (χ1) is 8.24. The molecule has 2 aromatic heterocycles. The topological polar surface area (TPSA) is 69.1 Å². The smallest absolute Gasteiger partial charge is 0.177 e. The summed E-state index contributed by atoms with van der Waals surface area (Å²) in [4.78, 5) is 0. The maximum atomic E-state index is 5.93. The van der Waals surface area contributed by atoms with Crippen LogP contribution in [0.25, 0.3) is 5.65 Å². The lowest BCUT2D eigenvalue weighted by Crippen LogP contribution is -2.26. The first-order valence-electron chi connectivity index (χ1n) is 6.18. The van der Waals surface area contributed by atoms with Crippen molar-refractivity contribution in [2.24, 2.45) is 5.73 Å². The molecule has 0 bridgehead atoms. The normalized spacial score (nSPS) is 25.3. The van der Waals surface area contributed by atoms with Crippen LogP contribution in [0.5, 0.6) is 0 Å². The Morgan fingerprint density at radius 3 is 2.71 bits per heavy atom. The predicted octanol–water partition coefficient (Wildman–Crippen LogP) is 1.42. The molecule has 1 fully saturated rings. The Morgan fingerprint density at radius 1 is 1.18 bits per heavy atom. The van der Waals surface area contributed by atoms with Crippen molar-refractivity contribution in [1.82, 2.24) is 19.8 Å². The first-order valence-corrected chi connectivity index (χ1v) is 6.18. The van der Waals surface area contributed by atoms with Crippen LogP contribution in [0.15, 0.2) is 12.1 Å². The van der Waals surface area contributed by atoms with Gasteiger partial charge in [0.15, 0.2) is 11.5 Å². The molecule has 5 heteroatoms. The molecule has 2 aromatic rings. The number of nitrogens with two attached hydrogens (primary N) is 1. The molecule has 5 nitrogen and oxygen atoms in total. The van der Waals surface area contributed by atoms with E-state index >= 15 is 0 Å². The van der Waals surface area contributed by atoms with E-state index in [1.165, 1.54) is 0 Å². The number of hydrogen-bond donors (Lipinski definition) is 1. The predicted molar refractivity (Wildman–Crippen MR) is 64.7 cm³/mol. The molecule has 0 atom stereocenters. The van der Waals surface area contributed by atoms with Gasteiger partial charge in [0.05, 0.1) is 5.69 Å². The van der Waals surface area contributed by atoms with Crippen LogP contribution in [0.1, 0.15) is 43.1 Å². The molecule has 1 saturated carbocycles. The SMILES string of the molecule is Cc1ccc2nnc(C3CCC(N)CC3)n2n1. The third-order valence-electron chi connectivity index (χ3n) is 3.56. The number of rotatable bonds is 1. The number of nitrogens with zero attached hydrogens (tertiary/aromatic N) is 4. The van der Waals surface area contributed by atoms with Gasteiger partial charge in [-0.2, -0.15) is 9.61 Å². The van der Waals surface area contributed by atoms with Crippen LogP contribution >= 0.6 is 0 Å². The molecule has 1 aliphatic carbocycles. The minimum absolute atomic E-state index is 0.361. The number of hydrogen-bond acceptors (Lipinski definition) is 4. The van der Waals surface area contributed by atoms with Crippen molar-refractivity contribution in [3.8, 4) is 0 Å². The Kier molecular flexibility index (Phi) is 2.55. The molecule has 0 radical (unpaired) electrons. The van der Waals surface area contributed by atoms with Gasteiger partial charge in [-0.25, -0.2) is 0 Å². The Hall–Kier alpha value is -1.49. The highest BCUT2D eigenvalue weighted by atomic mass is 15.4. The summed E-state index contributed by atoms with van der Waals surface area (Å²) in [6, 6.07) is 4.29. The Bertz CT molecular complexity index is 525. The van der Waals surface area contributed by atoms with Gasteiger partial charge >= 0.3 is 0 Å². The van der Waals surface area contributed by atoms with Gasteiger partial charge in [-0.15, -0.1) is 10.2 Å². The summed E-state index contributed by atoms with van der Waals surface area (Å²) in [6.45, 7) is 1.99. The zero-order valence-corrected chi connectivity index (χ0v) is 10.0. The molecule has 0 amide bonds. The fraction of sp³-hybridized carbons (Fsp3) is 0.583. The molecule has 2 N–H and O–H groups in total. The van der Waals surface area contributed by atoms with E-state index in [0.29, 0.717) is 12.0 Å². The van der Waals surface area contributed by atoms with Crippen molar-refractivity contribution in [2.45, 2.75) is 44.6 Å². The second-order valence-corrected chi connectivity index (χ2v) is 4.91. The summed E-state index contributed by atoms with van der Waals surface area (Å²) in [5.41, 5.74) is 7.75. The van der Waals surface area contributed by atoms with E-state index in [1.807, 2.05) is 23.6 Å². The molecular weight excluding hydrogens is 214 g/mol. The van der Waals surface area contributed by atoms with Gasteiger partial charge in [-0.05, 0) is 44.7 Å². The summed E-state index contributed by atoms with van der Waals surface area (Å²) in [7, 11) is 0. The van der Waals surface area contributed by atoms with Crippen molar-refractivity contribution in [3.05, 3.63) is 23.7 Å². The largest absolute Gasteiger partial charge is 0.328 e. The second-order valence-electron chi connectivity index (χ2n) is 4.91. The van der Waals surface area contributed by atoms with Gasteiger partial charge in [-0.1, -0.05) is 0 Å². The highest BCUT2D eigenvalue weighted by Gasteiger charge is 2.24. The van der Waals surface area contributed by atoms with Crippen molar-refractivity contribution >= 4 is 5.65 Å². The van der Waals surface area contributed by atoms with E-state index in [0.717, 1.165) is 42.8 Å². The molecule has 0 aromatic carbocycles. The van der Waals surface area contributed by atoms with Gasteiger partial charge in [0.2, 0.25) is 0 Å². The minimum atomic E-state index is 0.361. The highest BCUT2D eigenvalue weighted by molar-refractivity contribution is 5.36. The van der Waals surface area contributed by atoms with Crippen molar-refractivity contribution < 1.29 is 0 Å². The molecule has 2 heterocycles. The van der Waals surface area contributed by atoms with Crippen molar-refractivity contribution in [3.63, 3.8) is 0 Å². The minimum Gasteiger partial charge on any atom is -0.328 e. The molecular formula is C12H17N5. The van der Waals surface area contributed by atoms with E-state index < -0.39 is 0 Å². The zero-order chi connectivity index (χ0) is 11.8. The number of aromatic nitrogens is 4. The Balaban J connectivity index is 1.97. The van der Waals surface area contributed by atoms with Gasteiger partial charge < -0.3 is 5.73 Å². The monoisotopic (exact) mass is 231 g/mol. The summed E-state index contributed by atoms with van der Waals surface area (Å²) in [5, 5.41) is 13.0. The lowest BCUT2D eigenvalue weighted by molar-refractivity contribution is 0.380. The van der Waals surface area contributed by atoms with Crippen LogP contribution in [0.3, 0.4) is 0 Å². The second kappa shape index (κ2) is 4.07. The number of aryl methyl sites for hydroxylation is 1. The van der Waals surface area contributed by atoms with E-state index in [9.17, 15) is 0 Å². The highest BCUT2D eigenvalue weighted by Crippen LogP contribution is 2.30. The van der Waals surface area contributed by atoms with E-state index in [1.54, 1.807) is 0 Å². The van der Waals surface area contributed by atoms with E-state index in [2.05, 4.69) is 15.3 Å². The molecule has 0 spiro atoms. The molecule has 3 rings (SSSR count). The maximum absolute atomic E-state index is 5.93. The van der Waals surface area contributed by atoms with E-state index in [4.69, 9.17) is 5.73 Å². The van der Waals surface area contributed by atoms with Gasteiger partial charge in [0.1, 0.15) is 0 Å². The molecule has 90 valence electrons. The number of fused-ring (bicyclic) bond motifs is 1. The fourth-order valence-electron chi connectivity index (χ4n) is 2.53. The average Bonchev–Trinajstić information content (AvgIpc) is 2.73. The first kappa shape index (κ1) is 10.7. The summed E-state index contributed by atoms with van der Waals surface area (Å²) in [6.07, 6.45) is 4.34. The third kappa shape index (κ3) is 1.91. The van der Waals surface area contributed by atoms with Crippen LogP contribution in [-0.4, -0.2) is 25.9 Å². The average molecular weight is 231 g/mol. The van der Waals surface area contributed by atoms with Crippen molar-refractivity contribution in [1.29, 1.82) is 0 Å². The summed E-state index contributed by atoms with van der Waals surface area (Å²) >= 11 is 0. The van der Waals surface area contributed by atoms with Gasteiger partial charge in [-0.3, -0.25) is 0 Å². The standard InChI is InChI=1S/C12H17N5/c1-8-2-7-11-14-15-12(17(11)16-8)9-3-5-10(13)6-4-9/h2,7,9-10H,3-6,13H2,1H3. The lowest BCUT2D eigenvalue weighted by Gasteiger charge is -2.24. The van der Waals surface area contributed by atoms with Crippen LogP contribution in [0.4, 0.5) is 0 Å². The quantitative estimate of drug-likeness (QED) is 0.805. The van der Waals surface area contributed by atoms with Crippen LogP contribution in [0, 0.1) is 6.92 Å². The molecule has 0 saturated heterocycles.